The molecule has 0 spiro atoms. The molecule has 0 bridgehead atoms. The van der Waals surface area contributed by atoms with Crippen LogP contribution in [0.2, 0.25) is 0 Å². The van der Waals surface area contributed by atoms with Crippen LogP contribution in [0.25, 0.3) is 32.8 Å². The summed E-state index contributed by atoms with van der Waals surface area (Å²) in [4.78, 5) is 4.14. The van der Waals surface area contributed by atoms with E-state index >= 15 is 0 Å². The van der Waals surface area contributed by atoms with Crippen molar-refractivity contribution in [2.75, 3.05) is 5.73 Å². The van der Waals surface area contributed by atoms with E-state index in [4.69, 9.17) is 5.73 Å². The van der Waals surface area contributed by atoms with Crippen LogP contribution in [0.3, 0.4) is 0 Å². The summed E-state index contributed by atoms with van der Waals surface area (Å²) in [5, 5.41) is 11.2. The average molecular weight is 476 g/mol. The number of benzene rings is 4. The average Bonchev–Trinajstić information content (AvgIpc) is 2.83. The van der Waals surface area contributed by atoms with Gasteiger partial charge in [0.05, 0.1) is 22.0 Å². The minimum atomic E-state index is -4.72. The molecule has 5 rings (SSSR count). The van der Waals surface area contributed by atoms with Crippen LogP contribution in [-0.2, 0) is 10.1 Å². The van der Waals surface area contributed by atoms with E-state index < -0.39 is 10.1 Å². The molecule has 0 aliphatic rings. The predicted molar refractivity (Wildman–Crippen MR) is 128 cm³/mol. The second kappa shape index (κ2) is 9.61. The summed E-state index contributed by atoms with van der Waals surface area (Å²) in [5.74, 6) is 0. The van der Waals surface area contributed by atoms with E-state index in [1.54, 1.807) is 36.5 Å². The van der Waals surface area contributed by atoms with Crippen molar-refractivity contribution in [3.63, 3.8) is 0 Å². The quantitative estimate of drug-likeness (QED) is 0.185. The SMILES string of the molecule is Nc1c(N=Nc2ccc(-c3nccc4ccccc34)cc2)cc(S(=O)(=O)[O-])c2ccccc12.[Na+]. The first kappa shape index (κ1) is 24.0. The van der Waals surface area contributed by atoms with Gasteiger partial charge in [0.15, 0.2) is 0 Å². The maximum Gasteiger partial charge on any atom is 1.00 e. The van der Waals surface area contributed by atoms with Crippen LogP contribution in [0.15, 0.2) is 106 Å². The number of anilines is 1. The molecule has 0 amide bonds. The minimum absolute atomic E-state index is 0. The number of fused-ring (bicyclic) bond motifs is 2. The summed E-state index contributed by atoms with van der Waals surface area (Å²) in [6.07, 6.45) is 1.77. The van der Waals surface area contributed by atoms with Crippen molar-refractivity contribution >= 4 is 48.7 Å². The van der Waals surface area contributed by atoms with E-state index in [2.05, 4.69) is 15.2 Å². The van der Waals surface area contributed by atoms with E-state index in [9.17, 15) is 13.0 Å². The zero-order chi connectivity index (χ0) is 23.0. The third kappa shape index (κ3) is 4.59. The van der Waals surface area contributed by atoms with E-state index in [0.717, 1.165) is 28.1 Å². The molecule has 0 radical (unpaired) electrons. The first-order chi connectivity index (χ1) is 15.9. The molecule has 1 heterocycles. The molecule has 34 heavy (non-hydrogen) atoms. The summed E-state index contributed by atoms with van der Waals surface area (Å²) >= 11 is 0. The van der Waals surface area contributed by atoms with Crippen molar-refractivity contribution in [1.29, 1.82) is 0 Å². The topological polar surface area (TPSA) is 121 Å². The van der Waals surface area contributed by atoms with E-state index in [1.165, 1.54) is 6.07 Å². The fourth-order valence-electron chi connectivity index (χ4n) is 3.79. The monoisotopic (exact) mass is 476 g/mol. The molecule has 7 nitrogen and oxygen atoms in total. The largest absolute Gasteiger partial charge is 1.00 e. The Morgan fingerprint density at radius 2 is 1.44 bits per heavy atom. The second-order valence-corrected chi connectivity index (χ2v) is 8.78. The molecule has 4 aromatic carbocycles. The van der Waals surface area contributed by atoms with Crippen molar-refractivity contribution in [3.05, 3.63) is 91.1 Å². The Bertz CT molecular complexity index is 1650. The Hall–Kier alpha value is -3.14. The van der Waals surface area contributed by atoms with Gasteiger partial charge in [-0.05, 0) is 29.7 Å². The summed E-state index contributed by atoms with van der Waals surface area (Å²) in [6, 6.07) is 25.0. The van der Waals surface area contributed by atoms with Crippen LogP contribution in [0.4, 0.5) is 17.1 Å². The summed E-state index contributed by atoms with van der Waals surface area (Å²) in [5.41, 5.74) is 8.88. The number of azo groups is 1. The zero-order valence-corrected chi connectivity index (χ0v) is 21.0. The van der Waals surface area contributed by atoms with Gasteiger partial charge in [0.1, 0.15) is 15.8 Å². The molecule has 0 fully saturated rings. The third-order valence-electron chi connectivity index (χ3n) is 5.38. The number of nitrogens with two attached hydrogens (primary N) is 1. The molecular weight excluding hydrogens is 459 g/mol. The van der Waals surface area contributed by atoms with Crippen LogP contribution >= 0.6 is 0 Å². The molecule has 0 unspecified atom stereocenters. The third-order valence-corrected chi connectivity index (χ3v) is 6.26. The van der Waals surface area contributed by atoms with Crippen LogP contribution in [-0.4, -0.2) is 18.0 Å². The molecule has 0 saturated heterocycles. The number of hydrogen-bond acceptors (Lipinski definition) is 7. The number of pyridine rings is 1. The molecule has 0 atom stereocenters. The predicted octanol–water partition coefficient (Wildman–Crippen LogP) is 2.96. The van der Waals surface area contributed by atoms with Crippen LogP contribution in [0, 0.1) is 0 Å². The van der Waals surface area contributed by atoms with Gasteiger partial charge >= 0.3 is 29.6 Å². The van der Waals surface area contributed by atoms with Gasteiger partial charge in [-0.2, -0.15) is 5.11 Å². The number of nitrogen functional groups attached to an aromatic ring is 1. The van der Waals surface area contributed by atoms with Gasteiger partial charge < -0.3 is 10.3 Å². The van der Waals surface area contributed by atoms with Crippen molar-refractivity contribution in [3.8, 4) is 11.3 Å². The van der Waals surface area contributed by atoms with Crippen LogP contribution in [0.5, 0.6) is 0 Å². The Kier molecular flexibility index (Phi) is 6.79. The van der Waals surface area contributed by atoms with E-state index in [0.29, 0.717) is 11.1 Å². The summed E-state index contributed by atoms with van der Waals surface area (Å²) in [7, 11) is -4.72. The number of aromatic nitrogens is 1. The number of nitrogens with zero attached hydrogens (tertiary/aromatic N) is 3. The molecule has 2 N–H and O–H groups in total. The van der Waals surface area contributed by atoms with Crippen molar-refractivity contribution in [2.45, 2.75) is 4.90 Å². The molecular formula is C25H17N4NaO3S. The molecule has 162 valence electrons. The smallest absolute Gasteiger partial charge is 0.744 e. The van der Waals surface area contributed by atoms with Crippen molar-refractivity contribution < 1.29 is 42.5 Å². The fourth-order valence-corrected chi connectivity index (χ4v) is 4.49. The minimum Gasteiger partial charge on any atom is -0.744 e. The Morgan fingerprint density at radius 1 is 0.794 bits per heavy atom. The van der Waals surface area contributed by atoms with Gasteiger partial charge in [0, 0.05) is 27.9 Å². The van der Waals surface area contributed by atoms with Crippen LogP contribution < -0.4 is 35.3 Å². The van der Waals surface area contributed by atoms with Crippen molar-refractivity contribution in [2.24, 2.45) is 10.2 Å². The first-order valence-electron chi connectivity index (χ1n) is 10.0. The van der Waals surface area contributed by atoms with Gasteiger partial charge in [-0.3, -0.25) is 4.98 Å². The van der Waals surface area contributed by atoms with E-state index in [-0.39, 0.29) is 51.2 Å². The Labute approximate surface area is 218 Å². The maximum atomic E-state index is 11.8. The Morgan fingerprint density at radius 3 is 2.15 bits per heavy atom. The van der Waals surface area contributed by atoms with Gasteiger partial charge in [-0.25, -0.2) is 8.42 Å². The molecule has 9 heteroatoms. The zero-order valence-electron chi connectivity index (χ0n) is 18.2. The fraction of sp³-hybridized carbons (Fsp3) is 0. The number of hydrogen-bond donors (Lipinski definition) is 1. The second-order valence-electron chi connectivity index (χ2n) is 7.43. The van der Waals surface area contributed by atoms with Gasteiger partial charge in [-0.15, -0.1) is 5.11 Å². The van der Waals surface area contributed by atoms with Gasteiger partial charge in [0.2, 0.25) is 0 Å². The van der Waals surface area contributed by atoms with Crippen molar-refractivity contribution in [1.82, 2.24) is 4.98 Å². The summed E-state index contributed by atoms with van der Waals surface area (Å²) in [6.45, 7) is 0. The molecule has 1 aromatic heterocycles. The molecule has 0 aliphatic heterocycles. The maximum absolute atomic E-state index is 11.8. The molecule has 0 saturated carbocycles. The van der Waals surface area contributed by atoms with E-state index in [1.807, 2.05) is 42.5 Å². The Balaban J connectivity index is 0.00000274. The van der Waals surface area contributed by atoms with Gasteiger partial charge in [0.25, 0.3) is 0 Å². The molecule has 0 aliphatic carbocycles. The normalized spacial score (nSPS) is 11.7. The molecule has 5 aromatic rings. The van der Waals surface area contributed by atoms with Gasteiger partial charge in [-0.1, -0.05) is 60.7 Å². The first-order valence-corrected chi connectivity index (χ1v) is 11.5. The summed E-state index contributed by atoms with van der Waals surface area (Å²) < 4.78 is 35.3. The van der Waals surface area contributed by atoms with Crippen LogP contribution in [0.1, 0.15) is 0 Å². The number of rotatable bonds is 4. The standard InChI is InChI=1S/C25H18N4O3S.Na/c26-24-21-8-4-3-7-20(21)23(33(30,31)32)15-22(24)29-28-18-11-9-17(10-12-18)25-19-6-2-1-5-16(19)13-14-27-25;/h1-15H,26H2,(H,30,31,32);/q;+1/p-1.